The van der Waals surface area contributed by atoms with Crippen molar-refractivity contribution in [3.8, 4) is 0 Å². The number of rotatable bonds is 3. The standard InChI is InChI=1S/C15H18N4/c1-10-14(13-4-2-3-5-15(13)17-10)9-11-6-7-12(8-11)18-19-16/h2-5,11-12,17H,6-9H2,1H3/t11-,12-/m1/s1. The van der Waals surface area contributed by atoms with Crippen LogP contribution in [0, 0.1) is 12.8 Å². The molecule has 1 aliphatic rings. The van der Waals surface area contributed by atoms with Crippen LogP contribution in [0.25, 0.3) is 21.3 Å². The minimum Gasteiger partial charge on any atom is -0.358 e. The lowest BCUT2D eigenvalue weighted by Gasteiger charge is -2.09. The summed E-state index contributed by atoms with van der Waals surface area (Å²) in [4.78, 5) is 6.39. The van der Waals surface area contributed by atoms with Crippen molar-refractivity contribution in [2.24, 2.45) is 11.0 Å². The average molecular weight is 254 g/mol. The van der Waals surface area contributed by atoms with Crippen LogP contribution in [0.4, 0.5) is 0 Å². The Kier molecular flexibility index (Phi) is 3.18. The average Bonchev–Trinajstić information content (AvgIpc) is 2.96. The summed E-state index contributed by atoms with van der Waals surface area (Å²) in [6.07, 6.45) is 4.33. The number of aromatic amines is 1. The maximum Gasteiger partial charge on any atom is 0.0458 e. The van der Waals surface area contributed by atoms with Crippen LogP contribution < -0.4 is 0 Å². The Bertz CT molecular complexity index is 637. The van der Waals surface area contributed by atoms with Gasteiger partial charge in [-0.15, -0.1) is 0 Å². The summed E-state index contributed by atoms with van der Waals surface area (Å²) in [7, 11) is 0. The minimum atomic E-state index is 0.209. The molecule has 0 aliphatic heterocycles. The van der Waals surface area contributed by atoms with Gasteiger partial charge in [0.2, 0.25) is 0 Å². The van der Waals surface area contributed by atoms with E-state index in [1.807, 2.05) is 0 Å². The highest BCUT2D eigenvalue weighted by Crippen LogP contribution is 2.33. The zero-order valence-electron chi connectivity index (χ0n) is 11.1. The van der Waals surface area contributed by atoms with Crippen molar-refractivity contribution in [1.29, 1.82) is 0 Å². The van der Waals surface area contributed by atoms with Crippen molar-refractivity contribution < 1.29 is 0 Å². The quantitative estimate of drug-likeness (QED) is 0.476. The predicted octanol–water partition coefficient (Wildman–Crippen LogP) is 4.50. The first kappa shape index (κ1) is 12.1. The Balaban J connectivity index is 1.82. The van der Waals surface area contributed by atoms with Crippen molar-refractivity contribution in [2.75, 3.05) is 0 Å². The molecule has 0 unspecified atom stereocenters. The number of fused-ring (bicyclic) bond motifs is 1. The zero-order valence-corrected chi connectivity index (χ0v) is 11.1. The molecule has 4 nitrogen and oxygen atoms in total. The second kappa shape index (κ2) is 4.98. The molecule has 0 bridgehead atoms. The third-order valence-corrected chi connectivity index (χ3v) is 4.25. The largest absolute Gasteiger partial charge is 0.358 e. The van der Waals surface area contributed by atoms with Gasteiger partial charge in [0.1, 0.15) is 0 Å². The summed E-state index contributed by atoms with van der Waals surface area (Å²) >= 11 is 0. The molecule has 1 aliphatic carbocycles. The number of aryl methyl sites for hydroxylation is 1. The van der Waals surface area contributed by atoms with Gasteiger partial charge in [0.15, 0.2) is 0 Å². The molecule has 0 saturated heterocycles. The van der Waals surface area contributed by atoms with Crippen molar-refractivity contribution in [1.82, 2.24) is 4.98 Å². The van der Waals surface area contributed by atoms with Gasteiger partial charge in [-0.25, -0.2) is 0 Å². The number of hydrogen-bond acceptors (Lipinski definition) is 1. The van der Waals surface area contributed by atoms with Crippen molar-refractivity contribution in [3.63, 3.8) is 0 Å². The molecule has 0 radical (unpaired) electrons. The number of nitrogens with one attached hydrogen (secondary N) is 1. The van der Waals surface area contributed by atoms with Gasteiger partial charge in [0, 0.05) is 27.6 Å². The summed E-state index contributed by atoms with van der Waals surface area (Å²) < 4.78 is 0. The van der Waals surface area contributed by atoms with E-state index in [0.29, 0.717) is 5.92 Å². The van der Waals surface area contributed by atoms with Gasteiger partial charge in [0.05, 0.1) is 0 Å². The van der Waals surface area contributed by atoms with E-state index in [2.05, 4.69) is 46.2 Å². The van der Waals surface area contributed by atoms with Crippen LogP contribution in [0.2, 0.25) is 0 Å². The zero-order chi connectivity index (χ0) is 13.2. The fourth-order valence-electron chi connectivity index (χ4n) is 3.30. The highest BCUT2D eigenvalue weighted by molar-refractivity contribution is 5.84. The molecule has 98 valence electrons. The molecule has 1 aromatic heterocycles. The maximum atomic E-state index is 8.51. The number of hydrogen-bond donors (Lipinski definition) is 1. The van der Waals surface area contributed by atoms with E-state index < -0.39 is 0 Å². The molecule has 2 atom stereocenters. The Morgan fingerprint density at radius 2 is 2.21 bits per heavy atom. The fraction of sp³-hybridized carbons (Fsp3) is 0.467. The summed E-state index contributed by atoms with van der Waals surface area (Å²) in [5.74, 6) is 0.647. The number of para-hydroxylation sites is 1. The van der Waals surface area contributed by atoms with Gasteiger partial charge < -0.3 is 4.98 Å². The highest BCUT2D eigenvalue weighted by atomic mass is 15.1. The molecule has 1 N–H and O–H groups in total. The third kappa shape index (κ3) is 2.32. The van der Waals surface area contributed by atoms with Crippen molar-refractivity contribution >= 4 is 10.9 Å². The van der Waals surface area contributed by atoms with Crippen LogP contribution >= 0.6 is 0 Å². The third-order valence-electron chi connectivity index (χ3n) is 4.25. The minimum absolute atomic E-state index is 0.209. The number of azide groups is 1. The Labute approximate surface area is 112 Å². The lowest BCUT2D eigenvalue weighted by atomic mass is 9.96. The van der Waals surface area contributed by atoms with Crippen molar-refractivity contribution in [3.05, 3.63) is 46.0 Å². The Morgan fingerprint density at radius 1 is 1.37 bits per heavy atom. The number of nitrogens with zero attached hydrogens (tertiary/aromatic N) is 3. The summed E-state index contributed by atoms with van der Waals surface area (Å²) in [5, 5.41) is 5.20. The maximum absolute atomic E-state index is 8.51. The molecular weight excluding hydrogens is 236 g/mol. The van der Waals surface area contributed by atoms with E-state index >= 15 is 0 Å². The topological polar surface area (TPSA) is 64.5 Å². The second-order valence-corrected chi connectivity index (χ2v) is 5.52. The Morgan fingerprint density at radius 3 is 3.05 bits per heavy atom. The van der Waals surface area contributed by atoms with E-state index in [9.17, 15) is 0 Å². The van der Waals surface area contributed by atoms with E-state index in [1.165, 1.54) is 28.6 Å². The summed E-state index contributed by atoms with van der Waals surface area (Å²) in [6, 6.07) is 8.68. The second-order valence-electron chi connectivity index (χ2n) is 5.52. The Hall–Kier alpha value is -1.93. The molecule has 1 heterocycles. The molecule has 0 spiro atoms. The smallest absolute Gasteiger partial charge is 0.0458 e. The molecule has 1 fully saturated rings. The number of benzene rings is 1. The van der Waals surface area contributed by atoms with E-state index in [1.54, 1.807) is 0 Å². The van der Waals surface area contributed by atoms with Crippen LogP contribution in [0.1, 0.15) is 30.5 Å². The molecular formula is C15H18N4. The summed E-state index contributed by atoms with van der Waals surface area (Å²) in [6.45, 7) is 2.15. The molecule has 19 heavy (non-hydrogen) atoms. The van der Waals surface area contributed by atoms with Gasteiger partial charge in [-0.2, -0.15) is 0 Å². The molecule has 0 amide bonds. The van der Waals surface area contributed by atoms with Crippen LogP contribution in [0.3, 0.4) is 0 Å². The first-order chi connectivity index (χ1) is 9.28. The SMILES string of the molecule is Cc1[nH]c2ccccc2c1C[C@@H]1CC[C@@H](N=[N+]=[N-])C1. The van der Waals surface area contributed by atoms with Gasteiger partial charge in [0.25, 0.3) is 0 Å². The number of H-pyrrole nitrogens is 1. The highest BCUT2D eigenvalue weighted by Gasteiger charge is 2.25. The van der Waals surface area contributed by atoms with Crippen LogP contribution in [-0.4, -0.2) is 11.0 Å². The predicted molar refractivity (Wildman–Crippen MR) is 77.0 cm³/mol. The van der Waals surface area contributed by atoms with Crippen LogP contribution in [-0.2, 0) is 6.42 Å². The van der Waals surface area contributed by atoms with Gasteiger partial charge in [-0.1, -0.05) is 23.3 Å². The fourth-order valence-corrected chi connectivity index (χ4v) is 3.30. The lowest BCUT2D eigenvalue weighted by Crippen LogP contribution is -2.02. The van der Waals surface area contributed by atoms with Gasteiger partial charge in [-0.05, 0) is 55.7 Å². The number of aromatic nitrogens is 1. The van der Waals surface area contributed by atoms with Gasteiger partial charge in [-0.3, -0.25) is 0 Å². The first-order valence-corrected chi connectivity index (χ1v) is 6.88. The van der Waals surface area contributed by atoms with E-state index in [0.717, 1.165) is 19.3 Å². The molecule has 4 heteroatoms. The molecule has 1 aromatic carbocycles. The van der Waals surface area contributed by atoms with Crippen LogP contribution in [0.15, 0.2) is 29.4 Å². The van der Waals surface area contributed by atoms with Crippen molar-refractivity contribution in [2.45, 2.75) is 38.6 Å². The first-order valence-electron chi connectivity index (χ1n) is 6.88. The van der Waals surface area contributed by atoms with E-state index in [-0.39, 0.29) is 6.04 Å². The summed E-state index contributed by atoms with van der Waals surface area (Å²) in [5.41, 5.74) is 12.4. The van der Waals surface area contributed by atoms with Crippen LogP contribution in [0.5, 0.6) is 0 Å². The monoisotopic (exact) mass is 254 g/mol. The molecule has 2 aromatic rings. The lowest BCUT2D eigenvalue weighted by molar-refractivity contribution is 0.535. The van der Waals surface area contributed by atoms with E-state index in [4.69, 9.17) is 5.53 Å². The molecule has 3 rings (SSSR count). The normalized spacial score (nSPS) is 22.6. The molecule has 1 saturated carbocycles. The van der Waals surface area contributed by atoms with Gasteiger partial charge >= 0.3 is 0 Å².